The number of carbonyl (C=O) groups is 4. The van der Waals surface area contributed by atoms with Gasteiger partial charge in [-0.3, -0.25) is 23.9 Å². The van der Waals surface area contributed by atoms with Crippen molar-refractivity contribution in [1.29, 1.82) is 0 Å². The Kier molecular flexibility index (Phi) is 9.39. The summed E-state index contributed by atoms with van der Waals surface area (Å²) < 4.78 is 20.4. The van der Waals surface area contributed by atoms with Gasteiger partial charge in [-0.15, -0.1) is 0 Å². The third-order valence-corrected chi connectivity index (χ3v) is 7.75. The molecule has 4 heterocycles. The van der Waals surface area contributed by atoms with Gasteiger partial charge in [0.2, 0.25) is 5.91 Å². The molecule has 2 aromatic heterocycles. The van der Waals surface area contributed by atoms with E-state index >= 15 is 0 Å². The molecule has 2 fully saturated rings. The molecule has 2 aliphatic heterocycles. The Morgan fingerprint density at radius 1 is 1.09 bits per heavy atom. The lowest BCUT2D eigenvalue weighted by Crippen LogP contribution is -2.60. The number of amides is 5. The lowest BCUT2D eigenvalue weighted by molar-refractivity contribution is -0.144. The fourth-order valence-corrected chi connectivity index (χ4v) is 5.35. The summed E-state index contributed by atoms with van der Waals surface area (Å²) in [7, 11) is 0. The second-order valence-electron chi connectivity index (χ2n) is 12.7. The van der Waals surface area contributed by atoms with E-state index in [9.17, 15) is 28.4 Å². The van der Waals surface area contributed by atoms with E-state index in [0.717, 1.165) is 10.1 Å². The van der Waals surface area contributed by atoms with Crippen LogP contribution in [0, 0.1) is 0 Å². The number of rotatable bonds is 9. The molecule has 5 amide bonds. The molecule has 0 radical (unpaired) electrons. The summed E-state index contributed by atoms with van der Waals surface area (Å²) in [5, 5.41) is 5.86. The van der Waals surface area contributed by atoms with Gasteiger partial charge in [0.15, 0.2) is 11.5 Å². The van der Waals surface area contributed by atoms with Crippen LogP contribution in [0.4, 0.5) is 19.8 Å². The largest absolute Gasteiger partial charge is 0.444 e. The van der Waals surface area contributed by atoms with E-state index in [0.29, 0.717) is 11.6 Å². The smallest absolute Gasteiger partial charge is 0.407 e. The third kappa shape index (κ3) is 7.96. The first-order valence-corrected chi connectivity index (χ1v) is 15.4. The van der Waals surface area contributed by atoms with Gasteiger partial charge in [0.1, 0.15) is 28.9 Å². The first-order valence-electron chi connectivity index (χ1n) is 15.0. The summed E-state index contributed by atoms with van der Waals surface area (Å²) in [6, 6.07) is 7.70. The predicted molar refractivity (Wildman–Crippen MR) is 171 cm³/mol. The number of aromatic nitrogens is 3. The van der Waals surface area contributed by atoms with E-state index < -0.39 is 41.3 Å². The van der Waals surface area contributed by atoms with Crippen molar-refractivity contribution in [2.24, 2.45) is 0 Å². The molecule has 0 aliphatic carbocycles. The number of hydrogen-bond acceptors (Lipinski definition) is 8. The Hall–Kier alpha value is -4.79. The Balaban J connectivity index is 1.38. The number of fused-ring (bicyclic) bond motifs is 1. The summed E-state index contributed by atoms with van der Waals surface area (Å²) >= 11 is 5.94. The topological polar surface area (TPSA) is 159 Å². The predicted octanol–water partition coefficient (Wildman–Crippen LogP) is 2.71. The summed E-state index contributed by atoms with van der Waals surface area (Å²) in [6.07, 6.45) is 0.720. The van der Waals surface area contributed by atoms with Crippen LogP contribution in [0.15, 0.2) is 41.3 Å². The van der Waals surface area contributed by atoms with Crippen molar-refractivity contribution in [3.63, 3.8) is 0 Å². The van der Waals surface area contributed by atoms with Gasteiger partial charge in [-0.2, -0.15) is 0 Å². The molecule has 0 spiro atoms. The normalized spacial score (nSPS) is 15.9. The van der Waals surface area contributed by atoms with Crippen LogP contribution in [-0.4, -0.2) is 98.8 Å². The van der Waals surface area contributed by atoms with Crippen LogP contribution in [0.1, 0.15) is 43.6 Å². The molecular formula is C31H36ClFN8O6. The highest BCUT2D eigenvalue weighted by molar-refractivity contribution is 6.30. The Morgan fingerprint density at radius 3 is 2.45 bits per heavy atom. The summed E-state index contributed by atoms with van der Waals surface area (Å²) in [5.74, 6) is -1.05. The van der Waals surface area contributed by atoms with Gasteiger partial charge in [-0.05, 0) is 51.5 Å². The monoisotopic (exact) mass is 670 g/mol. The lowest BCUT2D eigenvalue weighted by Gasteiger charge is -2.42. The summed E-state index contributed by atoms with van der Waals surface area (Å²) in [5.41, 5.74) is -2.36. The average Bonchev–Trinajstić information content (AvgIpc) is 3.35. The van der Waals surface area contributed by atoms with Crippen LogP contribution >= 0.6 is 11.6 Å². The number of alkyl halides is 1. The fourth-order valence-electron chi connectivity index (χ4n) is 5.22. The number of carbonyl (C=O) groups excluding carboxylic acids is 4. The zero-order valence-corrected chi connectivity index (χ0v) is 27.3. The van der Waals surface area contributed by atoms with E-state index in [1.165, 1.54) is 33.9 Å². The first kappa shape index (κ1) is 33.6. The molecule has 5 rings (SSSR count). The maximum absolute atomic E-state index is 14.1. The number of hydrogen-bond donors (Lipinski definition) is 2. The third-order valence-electron chi connectivity index (χ3n) is 7.50. The second-order valence-corrected chi connectivity index (χ2v) is 13.1. The number of alkyl carbamates (subject to hydrolysis) is 1. The van der Waals surface area contributed by atoms with Gasteiger partial charge in [-0.25, -0.2) is 23.9 Å². The number of nitrogens with one attached hydrogen (secondary N) is 2. The minimum Gasteiger partial charge on any atom is -0.444 e. The molecule has 250 valence electrons. The van der Waals surface area contributed by atoms with E-state index in [4.69, 9.17) is 16.3 Å². The highest BCUT2D eigenvalue weighted by atomic mass is 35.5. The molecule has 14 nitrogen and oxygen atoms in total. The average molecular weight is 671 g/mol. The molecule has 0 saturated carbocycles. The van der Waals surface area contributed by atoms with Crippen molar-refractivity contribution < 1.29 is 28.3 Å². The summed E-state index contributed by atoms with van der Waals surface area (Å²) in [4.78, 5) is 78.2. The number of likely N-dealkylation sites (tertiary alicyclic amines) is 1. The van der Waals surface area contributed by atoms with Crippen LogP contribution in [0.25, 0.3) is 11.2 Å². The van der Waals surface area contributed by atoms with Crippen LogP contribution in [0.2, 0.25) is 5.02 Å². The Bertz CT molecular complexity index is 1770. The van der Waals surface area contributed by atoms with Crippen LogP contribution in [0.3, 0.4) is 0 Å². The minimum atomic E-state index is -1.51. The maximum atomic E-state index is 14.1. The fraction of sp³-hybridized carbons (Fsp3) is 0.452. The van der Waals surface area contributed by atoms with Crippen molar-refractivity contribution in [2.75, 3.05) is 44.2 Å². The van der Waals surface area contributed by atoms with Crippen LogP contribution in [-0.2, 0) is 22.6 Å². The van der Waals surface area contributed by atoms with Gasteiger partial charge in [0.25, 0.3) is 11.5 Å². The molecule has 47 heavy (non-hydrogen) atoms. The van der Waals surface area contributed by atoms with Gasteiger partial charge < -0.3 is 25.2 Å². The number of anilines is 1. The molecule has 0 atom stereocenters. The van der Waals surface area contributed by atoms with Crippen LogP contribution in [0.5, 0.6) is 0 Å². The molecule has 2 aliphatic rings. The number of nitrogens with zero attached hydrogens (tertiary/aromatic N) is 6. The van der Waals surface area contributed by atoms with Gasteiger partial charge in [0, 0.05) is 37.7 Å². The molecule has 0 unspecified atom stereocenters. The zero-order valence-electron chi connectivity index (χ0n) is 26.5. The van der Waals surface area contributed by atoms with E-state index in [1.807, 2.05) is 0 Å². The van der Waals surface area contributed by atoms with Crippen molar-refractivity contribution in [3.8, 4) is 0 Å². The zero-order chi connectivity index (χ0) is 34.1. The van der Waals surface area contributed by atoms with Crippen molar-refractivity contribution in [1.82, 2.24) is 35.0 Å². The quantitative estimate of drug-likeness (QED) is 0.352. The van der Waals surface area contributed by atoms with Gasteiger partial charge in [0.05, 0.1) is 19.3 Å². The van der Waals surface area contributed by atoms with E-state index in [-0.39, 0.29) is 67.8 Å². The number of halogens is 2. The Morgan fingerprint density at radius 2 is 1.79 bits per heavy atom. The highest BCUT2D eigenvalue weighted by Crippen LogP contribution is 2.25. The second kappa shape index (κ2) is 13.1. The molecule has 2 N–H and O–H groups in total. The van der Waals surface area contributed by atoms with Crippen molar-refractivity contribution >= 4 is 52.5 Å². The highest BCUT2D eigenvalue weighted by Gasteiger charge is 2.41. The number of urea groups is 1. The van der Waals surface area contributed by atoms with E-state index in [1.54, 1.807) is 45.0 Å². The SMILES string of the molecule is CC1(F)CN(C(=O)Cn2c(=O)c(C(=O)NCc3ccc(Cl)cc3)cc3nc(N4CCN(CCNC(=O)OC(C)(C)C)C4=O)cnc32)C1. The molecule has 1 aromatic carbocycles. The number of pyridine rings is 1. The molecule has 2 saturated heterocycles. The molecular weight excluding hydrogens is 635 g/mol. The van der Waals surface area contributed by atoms with Crippen molar-refractivity contribution in [3.05, 3.63) is 63.0 Å². The van der Waals surface area contributed by atoms with Crippen molar-refractivity contribution in [2.45, 2.75) is 52.1 Å². The summed E-state index contributed by atoms with van der Waals surface area (Å²) in [6.45, 7) is 7.04. The van der Waals surface area contributed by atoms with E-state index in [2.05, 4.69) is 20.6 Å². The molecule has 0 bridgehead atoms. The Labute approximate surface area is 274 Å². The minimum absolute atomic E-state index is 0.0231. The number of benzene rings is 1. The van der Waals surface area contributed by atoms with Crippen LogP contribution < -0.4 is 21.1 Å². The lowest BCUT2D eigenvalue weighted by atomic mass is 9.99. The standard InChI is InChI=1S/C31H36ClFN8O6/c1-30(2,3)47-28(45)34-9-10-38-11-12-40(29(38)46)23-15-35-25-22(37-23)13-21(26(43)36-14-19-5-7-20(32)8-6-19)27(44)41(25)16-24(42)39-17-31(4,33)18-39/h5-8,13,15H,9-12,14,16-18H2,1-4H3,(H,34,45)(H,36,43). The van der Waals surface area contributed by atoms with Gasteiger partial charge >= 0.3 is 12.1 Å². The first-order chi connectivity index (χ1) is 22.1. The van der Waals surface area contributed by atoms with Gasteiger partial charge in [-0.1, -0.05) is 23.7 Å². The maximum Gasteiger partial charge on any atom is 0.407 e. The molecule has 16 heteroatoms. The molecule has 3 aromatic rings. The number of ether oxygens (including phenoxy) is 1.